The van der Waals surface area contributed by atoms with Gasteiger partial charge in [-0.3, -0.25) is 0 Å². The topological polar surface area (TPSA) is 87.0 Å². The Morgan fingerprint density at radius 1 is 0.500 bits per heavy atom. The Kier molecular flexibility index (Phi) is 5.52. The molecule has 0 amide bonds. The van der Waals surface area contributed by atoms with Crippen LogP contribution in [-0.4, -0.2) is 77.3 Å². The molecule has 8 nitrogen and oxygen atoms in total. The van der Waals surface area contributed by atoms with Crippen molar-refractivity contribution in [2.45, 2.75) is 24.4 Å². The number of rotatable bonds is 13. The van der Waals surface area contributed by atoms with E-state index in [0.717, 1.165) is 37.6 Å². The first-order chi connectivity index (χ1) is 15.8. The number of benzene rings is 2. The molecule has 0 saturated carbocycles. The Balaban J connectivity index is 1.22. The summed E-state index contributed by atoms with van der Waals surface area (Å²) in [6, 6.07) is 11.9. The normalized spacial score (nSPS) is 26.9. The maximum atomic E-state index is 6.01. The first-order valence-electron chi connectivity index (χ1n) is 11.1. The monoisotopic (exact) mass is 442 g/mol. The molecular formula is C24H26O8. The SMILES string of the molecule is c1cc(OCC2CO2)c(OCC2CO2)cc1-c1ccc(OCC2CO2)c(OCC2CO2)c1. The molecule has 0 N–H and O–H groups in total. The molecule has 4 heterocycles. The van der Waals surface area contributed by atoms with E-state index in [1.807, 2.05) is 36.4 Å². The summed E-state index contributed by atoms with van der Waals surface area (Å²) in [6.07, 6.45) is 0.681. The minimum absolute atomic E-state index is 0.162. The van der Waals surface area contributed by atoms with Gasteiger partial charge >= 0.3 is 0 Å². The number of epoxide rings is 4. The predicted molar refractivity (Wildman–Crippen MR) is 113 cm³/mol. The van der Waals surface area contributed by atoms with E-state index >= 15 is 0 Å². The quantitative estimate of drug-likeness (QED) is 0.437. The number of hydrogen-bond acceptors (Lipinski definition) is 8. The van der Waals surface area contributed by atoms with Crippen molar-refractivity contribution in [3.8, 4) is 34.1 Å². The van der Waals surface area contributed by atoms with Gasteiger partial charge in [0.05, 0.1) is 26.4 Å². The second-order valence-electron chi connectivity index (χ2n) is 8.39. The summed E-state index contributed by atoms with van der Waals surface area (Å²) in [5.74, 6) is 2.80. The summed E-state index contributed by atoms with van der Waals surface area (Å²) in [5.41, 5.74) is 1.99. The fraction of sp³-hybridized carbons (Fsp3) is 0.500. The average molecular weight is 442 g/mol. The molecule has 8 heteroatoms. The maximum Gasteiger partial charge on any atom is 0.161 e. The van der Waals surface area contributed by atoms with Crippen molar-refractivity contribution in [1.29, 1.82) is 0 Å². The van der Waals surface area contributed by atoms with Crippen molar-refractivity contribution in [3.05, 3.63) is 36.4 Å². The van der Waals surface area contributed by atoms with Crippen LogP contribution in [0, 0.1) is 0 Å². The lowest BCUT2D eigenvalue weighted by molar-refractivity contribution is 0.228. The summed E-state index contributed by atoms with van der Waals surface area (Å²) in [7, 11) is 0. The average Bonchev–Trinajstić information content (AvgIpc) is 3.65. The van der Waals surface area contributed by atoms with Gasteiger partial charge in [0.25, 0.3) is 0 Å². The van der Waals surface area contributed by atoms with Gasteiger partial charge < -0.3 is 37.9 Å². The Hall–Kier alpha value is -2.52. The molecule has 4 unspecified atom stereocenters. The molecule has 32 heavy (non-hydrogen) atoms. The van der Waals surface area contributed by atoms with E-state index < -0.39 is 0 Å². The molecule has 6 rings (SSSR count). The molecule has 0 aliphatic carbocycles. The van der Waals surface area contributed by atoms with E-state index in [-0.39, 0.29) is 24.4 Å². The molecule has 2 aromatic carbocycles. The molecule has 0 bridgehead atoms. The fourth-order valence-electron chi connectivity index (χ4n) is 3.23. The van der Waals surface area contributed by atoms with Crippen molar-refractivity contribution in [2.75, 3.05) is 52.9 Å². The summed E-state index contributed by atoms with van der Waals surface area (Å²) in [5, 5.41) is 0. The predicted octanol–water partition coefficient (Wildman–Crippen LogP) is 2.46. The van der Waals surface area contributed by atoms with E-state index in [0.29, 0.717) is 49.4 Å². The fourth-order valence-corrected chi connectivity index (χ4v) is 3.23. The first kappa shape index (κ1) is 20.1. The zero-order valence-corrected chi connectivity index (χ0v) is 17.7. The van der Waals surface area contributed by atoms with Crippen LogP contribution in [0.2, 0.25) is 0 Å². The van der Waals surface area contributed by atoms with Gasteiger partial charge in [0.15, 0.2) is 23.0 Å². The Morgan fingerprint density at radius 3 is 1.12 bits per heavy atom. The first-order valence-corrected chi connectivity index (χ1v) is 11.1. The van der Waals surface area contributed by atoms with Crippen LogP contribution in [0.1, 0.15) is 0 Å². The van der Waals surface area contributed by atoms with Gasteiger partial charge in [-0.1, -0.05) is 12.1 Å². The summed E-state index contributed by atoms with van der Waals surface area (Å²) >= 11 is 0. The molecule has 0 radical (unpaired) electrons. The van der Waals surface area contributed by atoms with E-state index in [4.69, 9.17) is 37.9 Å². The third-order valence-corrected chi connectivity index (χ3v) is 5.53. The zero-order chi connectivity index (χ0) is 21.3. The van der Waals surface area contributed by atoms with Crippen LogP contribution >= 0.6 is 0 Å². The van der Waals surface area contributed by atoms with Crippen molar-refractivity contribution >= 4 is 0 Å². The van der Waals surface area contributed by atoms with Gasteiger partial charge in [-0.05, 0) is 35.4 Å². The third kappa shape index (κ3) is 5.45. The zero-order valence-electron chi connectivity index (χ0n) is 17.7. The van der Waals surface area contributed by atoms with Gasteiger partial charge in [-0.15, -0.1) is 0 Å². The molecular weight excluding hydrogens is 416 g/mol. The van der Waals surface area contributed by atoms with Crippen LogP contribution in [-0.2, 0) is 18.9 Å². The maximum absolute atomic E-state index is 6.01. The van der Waals surface area contributed by atoms with Gasteiger partial charge in [0.1, 0.15) is 50.8 Å². The highest BCUT2D eigenvalue weighted by atomic mass is 16.6. The van der Waals surface area contributed by atoms with Crippen LogP contribution in [0.4, 0.5) is 0 Å². The van der Waals surface area contributed by atoms with E-state index in [2.05, 4.69) is 0 Å². The minimum atomic E-state index is 0.162. The highest BCUT2D eigenvalue weighted by molar-refractivity contribution is 5.70. The molecule has 0 aromatic heterocycles. The number of ether oxygens (including phenoxy) is 8. The lowest BCUT2D eigenvalue weighted by Gasteiger charge is -2.16. The van der Waals surface area contributed by atoms with Crippen LogP contribution in [0.15, 0.2) is 36.4 Å². The molecule has 170 valence electrons. The van der Waals surface area contributed by atoms with Gasteiger partial charge in [0, 0.05) is 0 Å². The van der Waals surface area contributed by atoms with Crippen molar-refractivity contribution in [1.82, 2.24) is 0 Å². The Labute approximate surface area is 186 Å². The highest BCUT2D eigenvalue weighted by Gasteiger charge is 2.27. The van der Waals surface area contributed by atoms with Crippen LogP contribution < -0.4 is 18.9 Å². The van der Waals surface area contributed by atoms with Crippen LogP contribution in [0.5, 0.6) is 23.0 Å². The summed E-state index contributed by atoms with van der Waals surface area (Å²) < 4.78 is 44.9. The van der Waals surface area contributed by atoms with E-state index in [1.165, 1.54) is 0 Å². The van der Waals surface area contributed by atoms with Gasteiger partial charge in [-0.2, -0.15) is 0 Å². The smallest absolute Gasteiger partial charge is 0.161 e. The molecule has 4 saturated heterocycles. The molecule has 2 aromatic rings. The molecule has 4 atom stereocenters. The number of hydrogen-bond donors (Lipinski definition) is 0. The molecule has 4 aliphatic heterocycles. The third-order valence-electron chi connectivity index (χ3n) is 5.53. The van der Waals surface area contributed by atoms with Crippen LogP contribution in [0.25, 0.3) is 11.1 Å². The minimum Gasteiger partial charge on any atom is -0.487 e. The Morgan fingerprint density at radius 2 is 0.812 bits per heavy atom. The van der Waals surface area contributed by atoms with Crippen molar-refractivity contribution in [3.63, 3.8) is 0 Å². The highest BCUT2D eigenvalue weighted by Crippen LogP contribution is 2.38. The second-order valence-corrected chi connectivity index (χ2v) is 8.39. The van der Waals surface area contributed by atoms with Crippen molar-refractivity contribution < 1.29 is 37.9 Å². The van der Waals surface area contributed by atoms with E-state index in [1.54, 1.807) is 0 Å². The molecule has 0 spiro atoms. The summed E-state index contributed by atoms with van der Waals surface area (Å²) in [4.78, 5) is 0. The molecule has 4 aliphatic rings. The van der Waals surface area contributed by atoms with E-state index in [9.17, 15) is 0 Å². The lowest BCUT2D eigenvalue weighted by Crippen LogP contribution is -2.09. The Bertz CT molecular complexity index is 870. The molecule has 4 fully saturated rings. The second kappa shape index (κ2) is 8.78. The summed E-state index contributed by atoms with van der Waals surface area (Å²) in [6.45, 7) is 5.04. The van der Waals surface area contributed by atoms with Crippen molar-refractivity contribution in [2.24, 2.45) is 0 Å². The van der Waals surface area contributed by atoms with Gasteiger partial charge in [0.2, 0.25) is 0 Å². The largest absolute Gasteiger partial charge is 0.487 e. The standard InChI is InChI=1S/C24H26O8/c1-3-21(29-11-17-7-25-17)23(31-13-19-9-27-19)5-15(1)16-2-4-22(30-12-18-8-26-18)24(6-16)32-14-20-10-28-20/h1-6,17-20H,7-14H2. The van der Waals surface area contributed by atoms with Gasteiger partial charge in [-0.25, -0.2) is 0 Å². The van der Waals surface area contributed by atoms with Crippen LogP contribution in [0.3, 0.4) is 0 Å². The lowest BCUT2D eigenvalue weighted by atomic mass is 10.0.